The highest BCUT2D eigenvalue weighted by molar-refractivity contribution is 5.91. The van der Waals surface area contributed by atoms with Gasteiger partial charge in [-0.1, -0.05) is 25.5 Å². The SMILES string of the molecule is CC1=CC(=O)CC(C)(C)C1CCC1(C)C=Cc2cc(O)ccc2O1. The summed E-state index contributed by atoms with van der Waals surface area (Å²) in [5.74, 6) is 1.69. The molecule has 1 heterocycles. The Balaban J connectivity index is 1.74. The average Bonchev–Trinajstić information content (AvgIpc) is 2.45. The first-order chi connectivity index (χ1) is 11.2. The van der Waals surface area contributed by atoms with Gasteiger partial charge in [0.1, 0.15) is 17.1 Å². The van der Waals surface area contributed by atoms with E-state index in [0.29, 0.717) is 12.3 Å². The summed E-state index contributed by atoms with van der Waals surface area (Å²) in [4.78, 5) is 11.8. The Hall–Kier alpha value is -2.03. The predicted molar refractivity (Wildman–Crippen MR) is 96.1 cm³/mol. The van der Waals surface area contributed by atoms with Gasteiger partial charge < -0.3 is 9.84 Å². The van der Waals surface area contributed by atoms with E-state index in [4.69, 9.17) is 4.74 Å². The van der Waals surface area contributed by atoms with Gasteiger partial charge in [-0.15, -0.1) is 0 Å². The van der Waals surface area contributed by atoms with Gasteiger partial charge in [0.05, 0.1) is 0 Å². The maximum Gasteiger partial charge on any atom is 0.156 e. The molecule has 1 aromatic carbocycles. The molecule has 0 aromatic heterocycles. The van der Waals surface area contributed by atoms with Crippen LogP contribution >= 0.6 is 0 Å². The van der Waals surface area contributed by atoms with E-state index in [2.05, 4.69) is 33.8 Å². The molecule has 0 fully saturated rings. The molecule has 1 aliphatic heterocycles. The Kier molecular flexibility index (Phi) is 4.06. The third kappa shape index (κ3) is 3.26. The molecule has 2 aliphatic rings. The topological polar surface area (TPSA) is 46.5 Å². The summed E-state index contributed by atoms with van der Waals surface area (Å²) in [5.41, 5.74) is 1.73. The van der Waals surface area contributed by atoms with Crippen LogP contribution in [0.25, 0.3) is 6.08 Å². The molecule has 2 unspecified atom stereocenters. The lowest BCUT2D eigenvalue weighted by molar-refractivity contribution is -0.117. The quantitative estimate of drug-likeness (QED) is 0.859. The lowest BCUT2D eigenvalue weighted by Crippen LogP contribution is -2.36. The van der Waals surface area contributed by atoms with Gasteiger partial charge in [-0.05, 0) is 68.4 Å². The molecule has 3 heteroatoms. The van der Waals surface area contributed by atoms with E-state index in [-0.39, 0.29) is 22.5 Å². The zero-order chi connectivity index (χ0) is 17.5. The molecule has 0 saturated carbocycles. The molecule has 0 spiro atoms. The Morgan fingerprint density at radius 1 is 1.29 bits per heavy atom. The predicted octanol–water partition coefficient (Wildman–Crippen LogP) is 4.90. The van der Waals surface area contributed by atoms with Gasteiger partial charge in [0.2, 0.25) is 0 Å². The van der Waals surface area contributed by atoms with Gasteiger partial charge in [-0.2, -0.15) is 0 Å². The summed E-state index contributed by atoms with van der Waals surface area (Å²) in [6.07, 6.45) is 8.40. The van der Waals surface area contributed by atoms with Crippen molar-refractivity contribution in [2.75, 3.05) is 0 Å². The third-order valence-electron chi connectivity index (χ3n) is 5.39. The standard InChI is InChI=1S/C21H26O3/c1-14-11-17(23)13-20(2,3)18(14)8-10-21(4)9-7-15-12-16(22)5-6-19(15)24-21/h5-7,9,11-12,18,22H,8,10,13H2,1-4H3. The number of hydrogen-bond donors (Lipinski definition) is 1. The molecule has 0 saturated heterocycles. The Bertz CT molecular complexity index is 727. The van der Waals surface area contributed by atoms with E-state index in [0.717, 1.165) is 24.2 Å². The molecule has 1 aliphatic carbocycles. The fourth-order valence-electron chi connectivity index (χ4n) is 4.09. The number of rotatable bonds is 3. The lowest BCUT2D eigenvalue weighted by atomic mass is 9.66. The van der Waals surface area contributed by atoms with E-state index in [9.17, 15) is 9.90 Å². The van der Waals surface area contributed by atoms with Gasteiger partial charge in [-0.3, -0.25) is 4.79 Å². The minimum Gasteiger partial charge on any atom is -0.508 e. The van der Waals surface area contributed by atoms with Crippen molar-refractivity contribution in [3.63, 3.8) is 0 Å². The Morgan fingerprint density at radius 3 is 2.75 bits per heavy atom. The molecule has 3 nitrogen and oxygen atoms in total. The zero-order valence-corrected chi connectivity index (χ0v) is 14.9. The molecular weight excluding hydrogens is 300 g/mol. The lowest BCUT2D eigenvalue weighted by Gasteiger charge is -2.40. The van der Waals surface area contributed by atoms with Crippen LogP contribution in [0.2, 0.25) is 0 Å². The highest BCUT2D eigenvalue weighted by Gasteiger charge is 2.38. The fourth-order valence-corrected chi connectivity index (χ4v) is 4.09. The Labute approximate surface area is 144 Å². The average molecular weight is 326 g/mol. The third-order valence-corrected chi connectivity index (χ3v) is 5.39. The summed E-state index contributed by atoms with van der Waals surface area (Å²) in [7, 11) is 0. The first-order valence-electron chi connectivity index (χ1n) is 8.61. The van der Waals surface area contributed by atoms with Crippen LogP contribution in [-0.2, 0) is 4.79 Å². The van der Waals surface area contributed by atoms with Gasteiger partial charge in [0.15, 0.2) is 5.78 Å². The minimum absolute atomic E-state index is 0.00560. The number of fused-ring (bicyclic) bond motifs is 1. The molecule has 24 heavy (non-hydrogen) atoms. The van der Waals surface area contributed by atoms with Crippen LogP contribution in [0.15, 0.2) is 35.9 Å². The van der Waals surface area contributed by atoms with E-state index < -0.39 is 0 Å². The van der Waals surface area contributed by atoms with Crippen LogP contribution in [0, 0.1) is 11.3 Å². The summed E-state index contributed by atoms with van der Waals surface area (Å²) in [6.45, 7) is 8.54. The number of allylic oxidation sites excluding steroid dienone is 2. The van der Waals surface area contributed by atoms with Crippen molar-refractivity contribution in [3.05, 3.63) is 41.5 Å². The van der Waals surface area contributed by atoms with E-state index in [1.165, 1.54) is 5.57 Å². The molecule has 0 bridgehead atoms. The van der Waals surface area contributed by atoms with Crippen molar-refractivity contribution in [1.29, 1.82) is 0 Å². The number of phenolic OH excluding ortho intramolecular Hbond substituents is 1. The van der Waals surface area contributed by atoms with Crippen molar-refractivity contribution < 1.29 is 14.6 Å². The van der Waals surface area contributed by atoms with Gasteiger partial charge in [0.25, 0.3) is 0 Å². The molecule has 1 N–H and O–H groups in total. The summed E-state index contributed by atoms with van der Waals surface area (Å²) < 4.78 is 6.21. The minimum atomic E-state index is -0.359. The molecule has 1 aromatic rings. The summed E-state index contributed by atoms with van der Waals surface area (Å²) in [6, 6.07) is 5.19. The van der Waals surface area contributed by atoms with Gasteiger partial charge >= 0.3 is 0 Å². The van der Waals surface area contributed by atoms with Crippen LogP contribution < -0.4 is 4.74 Å². The number of ether oxygens (including phenoxy) is 1. The molecule has 0 radical (unpaired) electrons. The van der Waals surface area contributed by atoms with Crippen LogP contribution in [0.3, 0.4) is 0 Å². The van der Waals surface area contributed by atoms with Crippen molar-refractivity contribution in [2.45, 2.75) is 52.6 Å². The van der Waals surface area contributed by atoms with Crippen LogP contribution in [-0.4, -0.2) is 16.5 Å². The van der Waals surface area contributed by atoms with Crippen molar-refractivity contribution in [3.8, 4) is 11.5 Å². The van der Waals surface area contributed by atoms with Crippen LogP contribution in [0.1, 0.15) is 52.5 Å². The summed E-state index contributed by atoms with van der Waals surface area (Å²) >= 11 is 0. The highest BCUT2D eigenvalue weighted by atomic mass is 16.5. The largest absolute Gasteiger partial charge is 0.508 e. The first-order valence-corrected chi connectivity index (χ1v) is 8.61. The van der Waals surface area contributed by atoms with E-state index >= 15 is 0 Å². The van der Waals surface area contributed by atoms with Crippen LogP contribution in [0.5, 0.6) is 11.5 Å². The monoisotopic (exact) mass is 326 g/mol. The van der Waals surface area contributed by atoms with Crippen LogP contribution in [0.4, 0.5) is 0 Å². The molecule has 2 atom stereocenters. The van der Waals surface area contributed by atoms with Crippen molar-refractivity contribution in [2.24, 2.45) is 11.3 Å². The second-order valence-electron chi connectivity index (χ2n) is 8.08. The number of phenols is 1. The molecule has 3 rings (SSSR count). The van der Waals surface area contributed by atoms with Gasteiger partial charge in [-0.25, -0.2) is 0 Å². The molecule has 0 amide bonds. The number of hydrogen-bond acceptors (Lipinski definition) is 3. The molecule has 128 valence electrons. The second kappa shape index (κ2) is 5.80. The molecular formula is C21H26O3. The number of benzene rings is 1. The smallest absolute Gasteiger partial charge is 0.156 e. The maximum absolute atomic E-state index is 11.8. The highest BCUT2D eigenvalue weighted by Crippen LogP contribution is 2.44. The van der Waals surface area contributed by atoms with E-state index in [1.54, 1.807) is 12.1 Å². The van der Waals surface area contributed by atoms with Crippen molar-refractivity contribution >= 4 is 11.9 Å². The number of ketones is 1. The number of aromatic hydroxyl groups is 1. The fraction of sp³-hybridized carbons (Fsp3) is 0.476. The second-order valence-corrected chi connectivity index (χ2v) is 8.08. The summed E-state index contributed by atoms with van der Waals surface area (Å²) in [5, 5.41) is 9.58. The maximum atomic E-state index is 11.8. The van der Waals surface area contributed by atoms with E-state index in [1.807, 2.05) is 18.2 Å². The Morgan fingerprint density at radius 2 is 2.04 bits per heavy atom. The van der Waals surface area contributed by atoms with Crippen molar-refractivity contribution in [1.82, 2.24) is 0 Å². The normalized spacial score (nSPS) is 28.1. The number of carbonyl (C=O) groups is 1. The first kappa shape index (κ1) is 16.8. The van der Waals surface area contributed by atoms with Gasteiger partial charge in [0, 0.05) is 12.0 Å². The number of carbonyl (C=O) groups excluding carboxylic acids is 1. The zero-order valence-electron chi connectivity index (χ0n) is 14.9.